The number of quaternary nitrogens is 1. The van der Waals surface area contributed by atoms with Crippen molar-refractivity contribution < 1.29 is 10.5 Å². The summed E-state index contributed by atoms with van der Waals surface area (Å²) in [5.41, 5.74) is 4.11. The fourth-order valence-electron chi connectivity index (χ4n) is 1.45. The molecule has 7 nitrogen and oxygen atoms in total. The lowest BCUT2D eigenvalue weighted by atomic mass is 10.1. The Hall–Kier alpha value is -1.19. The highest BCUT2D eigenvalue weighted by Gasteiger charge is 2.23. The van der Waals surface area contributed by atoms with Gasteiger partial charge in [-0.15, -0.1) is 15.3 Å². The molecule has 110 valence electrons. The maximum atomic E-state index is 11.6. The molecule has 2 aromatic heterocycles. The Morgan fingerprint density at radius 2 is 2.15 bits per heavy atom. The predicted molar refractivity (Wildman–Crippen MR) is 78.5 cm³/mol. The minimum atomic E-state index is 0.0494. The van der Waals surface area contributed by atoms with Gasteiger partial charge in [-0.1, -0.05) is 36.9 Å². The van der Waals surface area contributed by atoms with Crippen LogP contribution in [0.5, 0.6) is 0 Å². The van der Waals surface area contributed by atoms with Crippen LogP contribution in [0.4, 0.5) is 0 Å². The van der Waals surface area contributed by atoms with E-state index in [9.17, 15) is 4.79 Å². The van der Waals surface area contributed by atoms with E-state index >= 15 is 0 Å². The second-order valence-electron chi connectivity index (χ2n) is 5.05. The zero-order chi connectivity index (χ0) is 14.9. The average molecular weight is 315 g/mol. The van der Waals surface area contributed by atoms with Crippen molar-refractivity contribution in [2.24, 2.45) is 5.92 Å². The molecule has 0 aliphatic rings. The molecule has 0 aliphatic heterocycles. The zero-order valence-electron chi connectivity index (χ0n) is 12.0. The van der Waals surface area contributed by atoms with Crippen LogP contribution in [0.25, 0.3) is 4.96 Å². The smallest absolute Gasteiger partial charge is 0.235 e. The highest BCUT2D eigenvalue weighted by Crippen LogP contribution is 2.26. The van der Waals surface area contributed by atoms with E-state index in [1.54, 1.807) is 23.5 Å². The van der Waals surface area contributed by atoms with Crippen molar-refractivity contribution in [3.63, 3.8) is 0 Å². The Labute approximate surface area is 125 Å². The minimum absolute atomic E-state index is 0.0494. The second kappa shape index (κ2) is 6.06. The summed E-state index contributed by atoms with van der Waals surface area (Å²) >= 11 is 2.87. The number of amides is 1. The van der Waals surface area contributed by atoms with E-state index in [0.717, 1.165) is 15.1 Å². The molecule has 20 heavy (non-hydrogen) atoms. The van der Waals surface area contributed by atoms with E-state index in [2.05, 4.69) is 34.9 Å². The van der Waals surface area contributed by atoms with Crippen LogP contribution in [-0.4, -0.2) is 50.5 Å². The maximum absolute atomic E-state index is 11.6. The molecule has 0 aliphatic carbocycles. The standard InChI is InChI=1S/C11H18N6OS2/c1-6(2)8(12)9-13-14-10-17(9)15-11(20-10)19-5-7(18)16(3)4/h6,8H,5,12H2,1-4H3/p+1/t8-/m0/s1. The lowest BCUT2D eigenvalue weighted by Gasteiger charge is -2.08. The highest BCUT2D eigenvalue weighted by atomic mass is 32.2. The summed E-state index contributed by atoms with van der Waals surface area (Å²) in [7, 11) is 3.49. The van der Waals surface area contributed by atoms with E-state index in [4.69, 9.17) is 0 Å². The molecule has 9 heteroatoms. The van der Waals surface area contributed by atoms with Gasteiger partial charge < -0.3 is 10.6 Å². The largest absolute Gasteiger partial charge is 0.348 e. The number of fused-ring (bicyclic) bond motifs is 1. The Balaban J connectivity index is 2.16. The fourth-order valence-corrected chi connectivity index (χ4v) is 3.32. The van der Waals surface area contributed by atoms with E-state index in [1.165, 1.54) is 23.1 Å². The maximum Gasteiger partial charge on any atom is 0.235 e. The molecular weight excluding hydrogens is 296 g/mol. The van der Waals surface area contributed by atoms with Crippen LogP contribution in [0.3, 0.4) is 0 Å². The summed E-state index contributed by atoms with van der Waals surface area (Å²) in [6, 6.07) is 0.0494. The van der Waals surface area contributed by atoms with Gasteiger partial charge in [-0.2, -0.15) is 4.52 Å². The molecule has 2 heterocycles. The van der Waals surface area contributed by atoms with Crippen LogP contribution in [0.15, 0.2) is 4.34 Å². The van der Waals surface area contributed by atoms with Gasteiger partial charge in [0, 0.05) is 20.0 Å². The molecule has 0 fully saturated rings. The fraction of sp³-hybridized carbons (Fsp3) is 0.636. The third-order valence-corrected chi connectivity index (χ3v) is 4.97. The van der Waals surface area contributed by atoms with Gasteiger partial charge in [0.2, 0.25) is 16.7 Å². The molecular formula is C11H19N6OS2+. The molecule has 1 amide bonds. The number of carbonyl (C=O) groups excluding carboxylic acids is 1. The van der Waals surface area contributed by atoms with Crippen molar-refractivity contribution in [2.75, 3.05) is 19.8 Å². The Morgan fingerprint density at radius 3 is 2.75 bits per heavy atom. The molecule has 0 saturated heterocycles. The third kappa shape index (κ3) is 3.10. The van der Waals surface area contributed by atoms with Crippen LogP contribution in [0, 0.1) is 5.92 Å². The lowest BCUT2D eigenvalue weighted by Crippen LogP contribution is -2.56. The first kappa shape index (κ1) is 15.2. The van der Waals surface area contributed by atoms with Crippen molar-refractivity contribution in [2.45, 2.75) is 24.2 Å². The zero-order valence-corrected chi connectivity index (χ0v) is 13.7. The molecule has 0 unspecified atom stereocenters. The normalized spacial score (nSPS) is 13.1. The van der Waals surface area contributed by atoms with Crippen LogP contribution >= 0.6 is 23.1 Å². The Bertz CT molecular complexity index is 605. The lowest BCUT2D eigenvalue weighted by molar-refractivity contribution is -0.440. The summed E-state index contributed by atoms with van der Waals surface area (Å²) in [5.74, 6) is 1.59. The topological polar surface area (TPSA) is 91.0 Å². The first-order valence-corrected chi connectivity index (χ1v) is 8.08. The van der Waals surface area contributed by atoms with E-state index in [-0.39, 0.29) is 11.9 Å². The SMILES string of the molecule is CC(C)[C@H]([NH3+])c1nnc2sc(SCC(=O)N(C)C)nn12. The number of aromatic nitrogens is 4. The molecule has 0 bridgehead atoms. The monoisotopic (exact) mass is 315 g/mol. The molecule has 2 rings (SSSR count). The van der Waals surface area contributed by atoms with Gasteiger partial charge in [0.05, 0.1) is 5.75 Å². The molecule has 1 atom stereocenters. The van der Waals surface area contributed by atoms with Gasteiger partial charge in [-0.25, -0.2) is 0 Å². The number of nitrogens with zero attached hydrogens (tertiary/aromatic N) is 5. The molecule has 0 saturated carbocycles. The van der Waals surface area contributed by atoms with E-state index in [1.807, 2.05) is 0 Å². The molecule has 2 aromatic rings. The number of hydrogen-bond donors (Lipinski definition) is 1. The van der Waals surface area contributed by atoms with Crippen LogP contribution < -0.4 is 5.73 Å². The van der Waals surface area contributed by atoms with Crippen LogP contribution in [-0.2, 0) is 4.79 Å². The molecule has 0 spiro atoms. The number of rotatable bonds is 5. The predicted octanol–water partition coefficient (Wildman–Crippen LogP) is 0.305. The van der Waals surface area contributed by atoms with Gasteiger partial charge in [-0.3, -0.25) is 4.79 Å². The van der Waals surface area contributed by atoms with Crippen molar-refractivity contribution in [3.8, 4) is 0 Å². The summed E-state index contributed by atoms with van der Waals surface area (Å²) in [4.78, 5) is 13.9. The van der Waals surface area contributed by atoms with Crippen LogP contribution in [0.2, 0.25) is 0 Å². The summed E-state index contributed by atoms with van der Waals surface area (Å²) in [5, 5.41) is 12.8. The second-order valence-corrected chi connectivity index (χ2v) is 7.23. The summed E-state index contributed by atoms with van der Waals surface area (Å²) in [6.45, 7) is 4.19. The van der Waals surface area contributed by atoms with Crippen molar-refractivity contribution in [1.82, 2.24) is 24.7 Å². The Morgan fingerprint density at radius 1 is 1.45 bits per heavy atom. The summed E-state index contributed by atoms with van der Waals surface area (Å²) < 4.78 is 2.56. The van der Waals surface area contributed by atoms with Crippen molar-refractivity contribution in [1.29, 1.82) is 0 Å². The van der Waals surface area contributed by atoms with Gasteiger partial charge >= 0.3 is 0 Å². The van der Waals surface area contributed by atoms with Crippen molar-refractivity contribution in [3.05, 3.63) is 5.82 Å². The number of carbonyl (C=O) groups is 1. The highest BCUT2D eigenvalue weighted by molar-refractivity contribution is 8.01. The third-order valence-electron chi connectivity index (χ3n) is 2.95. The summed E-state index contributed by atoms with van der Waals surface area (Å²) in [6.07, 6.45) is 0. The van der Waals surface area contributed by atoms with E-state index in [0.29, 0.717) is 11.7 Å². The van der Waals surface area contributed by atoms with Gasteiger partial charge in [-0.05, 0) is 0 Å². The molecule has 0 radical (unpaired) electrons. The number of hydrogen-bond acceptors (Lipinski definition) is 6. The van der Waals surface area contributed by atoms with Crippen LogP contribution in [0.1, 0.15) is 25.7 Å². The average Bonchev–Trinajstić information content (AvgIpc) is 2.94. The Kier molecular flexibility index (Phi) is 4.61. The van der Waals surface area contributed by atoms with Crippen molar-refractivity contribution >= 4 is 34.0 Å². The first-order chi connectivity index (χ1) is 9.40. The van der Waals surface area contributed by atoms with Gasteiger partial charge in [0.15, 0.2) is 4.34 Å². The quantitative estimate of drug-likeness (QED) is 0.802. The van der Waals surface area contributed by atoms with Gasteiger partial charge in [0.1, 0.15) is 6.04 Å². The minimum Gasteiger partial charge on any atom is -0.348 e. The van der Waals surface area contributed by atoms with Gasteiger partial charge in [0.25, 0.3) is 0 Å². The molecule has 0 aromatic carbocycles. The molecule has 3 N–H and O–H groups in total. The first-order valence-electron chi connectivity index (χ1n) is 6.28. The number of thioether (sulfide) groups is 1. The van der Waals surface area contributed by atoms with E-state index < -0.39 is 0 Å².